The predicted octanol–water partition coefficient (Wildman–Crippen LogP) is 3.07. The van der Waals surface area contributed by atoms with E-state index in [9.17, 15) is 0 Å². The van der Waals surface area contributed by atoms with Crippen LogP contribution in [0.2, 0.25) is 0 Å². The minimum Gasteiger partial charge on any atom is -0.335 e. The Kier molecular flexibility index (Phi) is 4.02. The van der Waals surface area contributed by atoms with Crippen molar-refractivity contribution in [3.63, 3.8) is 0 Å². The maximum absolute atomic E-state index is 4.64. The Morgan fingerprint density at radius 1 is 1.04 bits per heavy atom. The van der Waals surface area contributed by atoms with Crippen LogP contribution in [0.15, 0.2) is 49.2 Å². The summed E-state index contributed by atoms with van der Waals surface area (Å²) in [6, 6.07) is 6.00. The second-order valence-corrected chi connectivity index (χ2v) is 6.53. The van der Waals surface area contributed by atoms with Crippen molar-refractivity contribution in [1.29, 1.82) is 0 Å². The van der Waals surface area contributed by atoms with Gasteiger partial charge in [0.2, 0.25) is 0 Å². The Bertz CT molecular complexity index is 1240. The lowest BCUT2D eigenvalue weighted by molar-refractivity contribution is 0.724. The molecule has 8 nitrogen and oxygen atoms in total. The molecule has 0 saturated heterocycles. The molecule has 0 aliphatic rings. The third-order valence-electron chi connectivity index (χ3n) is 4.62. The average molecular weight is 370 g/mol. The maximum atomic E-state index is 4.64. The van der Waals surface area contributed by atoms with Crippen molar-refractivity contribution in [2.75, 3.05) is 6.54 Å². The van der Waals surface area contributed by atoms with Crippen LogP contribution in [0.4, 0.5) is 0 Å². The first-order chi connectivity index (χ1) is 13.8. The Balaban J connectivity index is 1.58. The molecule has 0 unspecified atom stereocenters. The van der Waals surface area contributed by atoms with Crippen LogP contribution in [0.1, 0.15) is 12.5 Å². The molecule has 0 radical (unpaired) electrons. The van der Waals surface area contributed by atoms with Gasteiger partial charge in [-0.25, -0.2) is 4.98 Å². The summed E-state index contributed by atoms with van der Waals surface area (Å²) < 4.78 is 0. The molecule has 5 aromatic heterocycles. The molecular formula is C20H18N8. The van der Waals surface area contributed by atoms with Crippen molar-refractivity contribution in [2.24, 2.45) is 0 Å². The number of hydrogen-bond donors (Lipinski definition) is 3. The van der Waals surface area contributed by atoms with Crippen LogP contribution in [-0.2, 0) is 6.54 Å². The highest BCUT2D eigenvalue weighted by Crippen LogP contribution is 2.28. The van der Waals surface area contributed by atoms with Gasteiger partial charge in [0.15, 0.2) is 5.82 Å². The number of aromatic nitrogens is 7. The highest BCUT2D eigenvalue weighted by atomic mass is 15.1. The molecule has 0 aliphatic heterocycles. The number of nitrogens with one attached hydrogen (secondary N) is 3. The lowest BCUT2D eigenvalue weighted by atomic mass is 10.1. The van der Waals surface area contributed by atoms with Gasteiger partial charge in [-0.3, -0.25) is 20.1 Å². The molecular weight excluding hydrogens is 352 g/mol. The number of H-pyrrole nitrogens is 2. The van der Waals surface area contributed by atoms with Gasteiger partial charge in [-0.05, 0) is 30.3 Å². The van der Waals surface area contributed by atoms with E-state index in [1.54, 1.807) is 18.6 Å². The van der Waals surface area contributed by atoms with Crippen LogP contribution in [0.25, 0.3) is 44.7 Å². The van der Waals surface area contributed by atoms with E-state index >= 15 is 0 Å². The van der Waals surface area contributed by atoms with Crippen LogP contribution in [0.5, 0.6) is 0 Å². The van der Waals surface area contributed by atoms with Gasteiger partial charge >= 0.3 is 0 Å². The average Bonchev–Trinajstić information content (AvgIpc) is 3.35. The summed E-state index contributed by atoms with van der Waals surface area (Å²) in [6.07, 6.45) is 8.98. The number of imidazole rings is 1. The van der Waals surface area contributed by atoms with Gasteiger partial charge in [0, 0.05) is 36.1 Å². The van der Waals surface area contributed by atoms with Crippen LogP contribution < -0.4 is 5.32 Å². The summed E-state index contributed by atoms with van der Waals surface area (Å²) in [5.74, 6) is 0.699. The first-order valence-electron chi connectivity index (χ1n) is 9.11. The van der Waals surface area contributed by atoms with Gasteiger partial charge in [0.05, 0.1) is 34.6 Å². The Labute approximate surface area is 160 Å². The van der Waals surface area contributed by atoms with Crippen LogP contribution >= 0.6 is 0 Å². The highest BCUT2D eigenvalue weighted by molar-refractivity contribution is 5.94. The monoisotopic (exact) mass is 370 g/mol. The van der Waals surface area contributed by atoms with Gasteiger partial charge in [0.25, 0.3) is 0 Å². The molecule has 3 N–H and O–H groups in total. The second kappa shape index (κ2) is 6.82. The Morgan fingerprint density at radius 2 is 2.00 bits per heavy atom. The van der Waals surface area contributed by atoms with Gasteiger partial charge in [-0.2, -0.15) is 5.10 Å². The summed E-state index contributed by atoms with van der Waals surface area (Å²) in [4.78, 5) is 21.0. The topological polar surface area (TPSA) is 108 Å². The summed E-state index contributed by atoms with van der Waals surface area (Å²) in [6.45, 7) is 3.78. The molecule has 5 aromatic rings. The van der Waals surface area contributed by atoms with Crippen molar-refractivity contribution < 1.29 is 0 Å². The third kappa shape index (κ3) is 2.89. The SMILES string of the molecule is CCNCc1cncc(-c2cc3c(-c4nc5ccncc5[nH]4)n[nH]c3cn2)c1. The summed E-state index contributed by atoms with van der Waals surface area (Å²) >= 11 is 0. The maximum Gasteiger partial charge on any atom is 0.159 e. The van der Waals surface area contributed by atoms with Crippen molar-refractivity contribution in [1.82, 2.24) is 40.4 Å². The molecule has 8 heteroatoms. The Morgan fingerprint density at radius 3 is 2.89 bits per heavy atom. The fourth-order valence-corrected chi connectivity index (χ4v) is 3.22. The molecule has 138 valence electrons. The van der Waals surface area contributed by atoms with Crippen molar-refractivity contribution >= 4 is 21.9 Å². The number of pyridine rings is 3. The fourth-order valence-electron chi connectivity index (χ4n) is 3.22. The number of aromatic amines is 2. The second-order valence-electron chi connectivity index (χ2n) is 6.53. The molecule has 0 amide bonds. The molecule has 0 bridgehead atoms. The minimum absolute atomic E-state index is 0.699. The number of hydrogen-bond acceptors (Lipinski definition) is 6. The lowest BCUT2D eigenvalue weighted by Crippen LogP contribution is -2.11. The molecule has 0 atom stereocenters. The van der Waals surface area contributed by atoms with Crippen molar-refractivity contribution in [2.45, 2.75) is 13.5 Å². The standard InChI is InChI=1S/C20H18N8/c1-2-21-7-12-5-13(9-23-8-12)16-6-14-17(11-24-16)27-28-19(14)20-25-15-3-4-22-10-18(15)26-20/h3-6,8-11,21H,2,7H2,1H3,(H,25,26)(H,27,28). The van der Waals surface area contributed by atoms with E-state index in [0.717, 1.165) is 57.5 Å². The van der Waals surface area contributed by atoms with Gasteiger partial charge in [-0.15, -0.1) is 0 Å². The largest absolute Gasteiger partial charge is 0.335 e. The quantitative estimate of drug-likeness (QED) is 0.439. The van der Waals surface area contributed by atoms with E-state index in [2.05, 4.69) is 53.4 Å². The smallest absolute Gasteiger partial charge is 0.159 e. The zero-order chi connectivity index (χ0) is 18.9. The summed E-state index contributed by atoms with van der Waals surface area (Å²) in [7, 11) is 0. The minimum atomic E-state index is 0.699. The van der Waals surface area contributed by atoms with Crippen molar-refractivity contribution in [3.05, 3.63) is 54.7 Å². The van der Waals surface area contributed by atoms with E-state index in [-0.39, 0.29) is 0 Å². The van der Waals surface area contributed by atoms with Crippen molar-refractivity contribution in [3.8, 4) is 22.8 Å². The Hall–Kier alpha value is -3.65. The molecule has 28 heavy (non-hydrogen) atoms. The summed E-state index contributed by atoms with van der Waals surface area (Å²) in [5.41, 5.74) is 6.29. The van der Waals surface area contributed by atoms with Gasteiger partial charge < -0.3 is 10.3 Å². The molecule has 5 rings (SSSR count). The molecule has 0 aromatic carbocycles. The lowest BCUT2D eigenvalue weighted by Gasteiger charge is -2.05. The van der Waals surface area contributed by atoms with E-state index in [0.29, 0.717) is 5.82 Å². The van der Waals surface area contributed by atoms with E-state index in [4.69, 9.17) is 0 Å². The predicted molar refractivity (Wildman–Crippen MR) is 107 cm³/mol. The van der Waals surface area contributed by atoms with E-state index in [1.807, 2.05) is 24.5 Å². The van der Waals surface area contributed by atoms with Crippen LogP contribution in [0, 0.1) is 0 Å². The first-order valence-corrected chi connectivity index (χ1v) is 9.11. The van der Waals surface area contributed by atoms with E-state index in [1.165, 1.54) is 0 Å². The zero-order valence-corrected chi connectivity index (χ0v) is 15.3. The molecule has 0 aliphatic carbocycles. The number of nitrogens with zero attached hydrogens (tertiary/aromatic N) is 5. The number of fused-ring (bicyclic) bond motifs is 2. The molecule has 0 spiro atoms. The first kappa shape index (κ1) is 16.5. The third-order valence-corrected chi connectivity index (χ3v) is 4.62. The zero-order valence-electron chi connectivity index (χ0n) is 15.3. The van der Waals surface area contributed by atoms with Gasteiger partial charge in [0.1, 0.15) is 5.69 Å². The number of rotatable bonds is 5. The normalized spacial score (nSPS) is 11.5. The molecule has 5 heterocycles. The fraction of sp³-hybridized carbons (Fsp3) is 0.150. The van der Waals surface area contributed by atoms with Crippen LogP contribution in [-0.4, -0.2) is 41.7 Å². The molecule has 0 fully saturated rings. The van der Waals surface area contributed by atoms with Gasteiger partial charge in [-0.1, -0.05) is 6.92 Å². The molecule has 0 saturated carbocycles. The van der Waals surface area contributed by atoms with Crippen LogP contribution in [0.3, 0.4) is 0 Å². The summed E-state index contributed by atoms with van der Waals surface area (Å²) in [5, 5.41) is 11.8. The highest BCUT2D eigenvalue weighted by Gasteiger charge is 2.14. The van der Waals surface area contributed by atoms with E-state index < -0.39 is 0 Å².